The highest BCUT2D eigenvalue weighted by molar-refractivity contribution is 6.10. The molecule has 0 saturated heterocycles. The van der Waals surface area contributed by atoms with Crippen LogP contribution in [0.1, 0.15) is 27.8 Å². The van der Waals surface area contributed by atoms with E-state index in [1.807, 2.05) is 18.2 Å². The second kappa shape index (κ2) is 18.5. The highest BCUT2D eigenvalue weighted by Crippen LogP contribution is 2.63. The normalized spacial score (nSPS) is 13.7. The van der Waals surface area contributed by atoms with Crippen molar-refractivity contribution in [3.63, 3.8) is 0 Å². The Morgan fingerprint density at radius 3 is 1.32 bits per heavy atom. The summed E-state index contributed by atoms with van der Waals surface area (Å²) in [6.07, 6.45) is 1.91. The van der Waals surface area contributed by atoms with Gasteiger partial charge in [-0.05, 0) is 186 Å². The average molecular weight is 1010 g/mol. The zero-order valence-electron chi connectivity index (χ0n) is 43.6. The summed E-state index contributed by atoms with van der Waals surface area (Å²) in [5.74, 6) is 0.842. The third-order valence-corrected chi connectivity index (χ3v) is 16.7. The number of hydrogen-bond acceptors (Lipinski definition) is 2. The van der Waals surface area contributed by atoms with Crippen LogP contribution in [0.2, 0.25) is 0 Å². The highest BCUT2D eigenvalue weighted by atomic mass is 16.5. The minimum Gasteiger partial charge on any atom is -0.497 e. The fourth-order valence-electron chi connectivity index (χ4n) is 13.0. The Morgan fingerprint density at radius 2 is 0.772 bits per heavy atom. The number of rotatable bonds is 10. The molecule has 3 heteroatoms. The van der Waals surface area contributed by atoms with Gasteiger partial charge in [0.25, 0.3) is 0 Å². The molecule has 1 aromatic heterocycles. The first-order valence-electron chi connectivity index (χ1n) is 27.1. The second-order valence-electron chi connectivity index (χ2n) is 20.8. The van der Waals surface area contributed by atoms with Gasteiger partial charge in [0.15, 0.2) is 0 Å². The van der Waals surface area contributed by atoms with Crippen LogP contribution in [0.15, 0.2) is 286 Å². The average Bonchev–Trinajstić information content (AvgIpc) is 4.28. The van der Waals surface area contributed by atoms with Crippen LogP contribution in [-0.4, -0.2) is 11.7 Å². The molecule has 2 aliphatic rings. The smallest absolute Gasteiger partial charge is 0.119 e. The molecule has 0 amide bonds. The molecule has 79 heavy (non-hydrogen) atoms. The zero-order chi connectivity index (χ0) is 52.6. The Kier molecular flexibility index (Phi) is 10.8. The SMILES string of the molecule is C=Cc1ccc(-c2ccc3c(c2)C2(c4ccccc4-3)c3ccccc3-c3ccc(-c4ccc(N(c5ccc(-c6ccccc6)cc5)c5ccc(-c6ccc7c(c6)c6ccccc6n7-c6ccc(OC)cc6)cc5)cc4)cc32)cc1. The maximum absolute atomic E-state index is 5.50. The van der Waals surface area contributed by atoms with Crippen LogP contribution in [-0.2, 0) is 5.41 Å². The summed E-state index contributed by atoms with van der Waals surface area (Å²) in [6, 6.07) is 103. The van der Waals surface area contributed by atoms with E-state index in [0.29, 0.717) is 0 Å². The van der Waals surface area contributed by atoms with Gasteiger partial charge in [0, 0.05) is 33.5 Å². The molecule has 0 radical (unpaired) electrons. The van der Waals surface area contributed by atoms with Crippen molar-refractivity contribution in [2.24, 2.45) is 0 Å². The van der Waals surface area contributed by atoms with Gasteiger partial charge in [-0.15, -0.1) is 0 Å². The molecule has 3 nitrogen and oxygen atoms in total. The van der Waals surface area contributed by atoms with Crippen LogP contribution in [0.3, 0.4) is 0 Å². The number of benzene rings is 12. The van der Waals surface area contributed by atoms with Gasteiger partial charge < -0.3 is 14.2 Å². The molecular weight excluding hydrogens is 957 g/mol. The molecule has 1 heterocycles. The number of hydrogen-bond donors (Lipinski definition) is 0. The van der Waals surface area contributed by atoms with E-state index in [0.717, 1.165) is 39.6 Å². The van der Waals surface area contributed by atoms with Gasteiger partial charge in [-0.2, -0.15) is 0 Å². The van der Waals surface area contributed by atoms with Crippen molar-refractivity contribution < 1.29 is 4.74 Å². The van der Waals surface area contributed by atoms with Crippen molar-refractivity contribution in [3.8, 4) is 78.2 Å². The monoisotopic (exact) mass is 1010 g/mol. The molecule has 0 N–H and O–H groups in total. The summed E-state index contributed by atoms with van der Waals surface area (Å²) in [5, 5.41) is 2.44. The molecule has 0 saturated carbocycles. The van der Waals surface area contributed by atoms with Crippen molar-refractivity contribution in [1.29, 1.82) is 0 Å². The Balaban J connectivity index is 0.814. The zero-order valence-corrected chi connectivity index (χ0v) is 43.6. The molecule has 12 aromatic carbocycles. The molecule has 1 spiro atoms. The third-order valence-electron chi connectivity index (χ3n) is 16.7. The van der Waals surface area contributed by atoms with E-state index in [1.54, 1.807) is 7.11 Å². The summed E-state index contributed by atoms with van der Waals surface area (Å²) in [6.45, 7) is 4.00. The van der Waals surface area contributed by atoms with E-state index in [9.17, 15) is 0 Å². The molecule has 0 fully saturated rings. The van der Waals surface area contributed by atoms with Crippen LogP contribution in [0.5, 0.6) is 5.75 Å². The van der Waals surface area contributed by atoms with Crippen molar-refractivity contribution in [3.05, 3.63) is 313 Å². The van der Waals surface area contributed by atoms with Gasteiger partial charge in [-0.3, -0.25) is 0 Å². The van der Waals surface area contributed by atoms with E-state index < -0.39 is 5.41 Å². The number of fused-ring (bicyclic) bond motifs is 13. The largest absolute Gasteiger partial charge is 0.497 e. The topological polar surface area (TPSA) is 17.4 Å². The number of ether oxygens (including phenoxy) is 1. The molecule has 0 bridgehead atoms. The maximum atomic E-state index is 5.50. The van der Waals surface area contributed by atoms with Gasteiger partial charge in [0.1, 0.15) is 5.75 Å². The molecule has 15 rings (SSSR count). The van der Waals surface area contributed by atoms with Crippen LogP contribution in [0.4, 0.5) is 17.1 Å². The van der Waals surface area contributed by atoms with Gasteiger partial charge >= 0.3 is 0 Å². The fraction of sp³-hybridized carbons (Fsp3) is 0.0263. The minimum atomic E-state index is -0.484. The first-order valence-corrected chi connectivity index (χ1v) is 27.1. The highest BCUT2D eigenvalue weighted by Gasteiger charge is 2.51. The van der Waals surface area contributed by atoms with Gasteiger partial charge in [-0.25, -0.2) is 0 Å². The predicted octanol–water partition coefficient (Wildman–Crippen LogP) is 19.9. The van der Waals surface area contributed by atoms with Crippen molar-refractivity contribution >= 4 is 44.9 Å². The summed E-state index contributed by atoms with van der Waals surface area (Å²) < 4.78 is 7.84. The van der Waals surface area contributed by atoms with Gasteiger partial charge in [-0.1, -0.05) is 201 Å². The Labute approximate surface area is 460 Å². The number of anilines is 3. The lowest BCUT2D eigenvalue weighted by molar-refractivity contribution is 0.415. The van der Waals surface area contributed by atoms with E-state index in [1.165, 1.54) is 105 Å². The fourth-order valence-corrected chi connectivity index (χ4v) is 13.0. The molecule has 0 aliphatic heterocycles. The minimum absolute atomic E-state index is 0.484. The van der Waals surface area contributed by atoms with Crippen molar-refractivity contribution in [1.82, 2.24) is 4.57 Å². The predicted molar refractivity (Wildman–Crippen MR) is 330 cm³/mol. The Bertz CT molecular complexity index is 4480. The van der Waals surface area contributed by atoms with E-state index >= 15 is 0 Å². The standard InChI is InChI=1S/C76H52N2O/c1-3-50-21-23-53(24-22-50)57-31-44-66-64-15-7-10-18-70(64)76(72(66)48-57)71-19-11-8-16-65(71)67-45-32-58(49-73(67)76)55-29-38-61(39-30-55)77(59-34-25-52(26-35-59)51-13-5-4-6-14-51)60-36-27-54(28-37-60)56-33-46-75-69(47-56)68-17-9-12-20-74(68)78(75)62-40-42-63(79-2)43-41-62/h3-49H,1H2,2H3. The molecule has 13 aromatic rings. The lowest BCUT2D eigenvalue weighted by atomic mass is 9.70. The van der Waals surface area contributed by atoms with Crippen LogP contribution in [0.25, 0.3) is 100 Å². The summed E-state index contributed by atoms with van der Waals surface area (Å²) in [4.78, 5) is 2.37. The van der Waals surface area contributed by atoms with Crippen LogP contribution in [0, 0.1) is 0 Å². The maximum Gasteiger partial charge on any atom is 0.119 e. The summed E-state index contributed by atoms with van der Waals surface area (Å²) in [5.41, 5.74) is 27.2. The lowest BCUT2D eigenvalue weighted by Crippen LogP contribution is -2.26. The molecule has 372 valence electrons. The van der Waals surface area contributed by atoms with E-state index in [2.05, 4.69) is 283 Å². The number of nitrogens with zero attached hydrogens (tertiary/aromatic N) is 2. The number of methoxy groups -OCH3 is 1. The summed E-state index contributed by atoms with van der Waals surface area (Å²) in [7, 11) is 1.71. The first kappa shape index (κ1) is 46.1. The second-order valence-corrected chi connectivity index (χ2v) is 20.8. The third kappa shape index (κ3) is 7.35. The van der Waals surface area contributed by atoms with Crippen LogP contribution < -0.4 is 9.64 Å². The van der Waals surface area contributed by atoms with Crippen LogP contribution >= 0.6 is 0 Å². The Hall–Kier alpha value is -10.2. The number of para-hydroxylation sites is 1. The van der Waals surface area contributed by atoms with Crippen molar-refractivity contribution in [2.45, 2.75) is 5.41 Å². The van der Waals surface area contributed by atoms with Gasteiger partial charge in [0.05, 0.1) is 23.6 Å². The Morgan fingerprint density at radius 1 is 0.354 bits per heavy atom. The summed E-state index contributed by atoms with van der Waals surface area (Å²) >= 11 is 0. The molecule has 2 aliphatic carbocycles. The quantitative estimate of drug-likeness (QED) is 0.136. The first-order chi connectivity index (χ1) is 39.0. The molecular formula is C76H52N2O. The molecule has 1 unspecified atom stereocenters. The molecule has 1 atom stereocenters. The van der Waals surface area contributed by atoms with E-state index in [4.69, 9.17) is 4.74 Å². The number of aromatic nitrogens is 1. The lowest BCUT2D eigenvalue weighted by Gasteiger charge is -2.31. The van der Waals surface area contributed by atoms with Gasteiger partial charge in [0.2, 0.25) is 0 Å². The van der Waals surface area contributed by atoms with Crippen molar-refractivity contribution in [2.75, 3.05) is 12.0 Å². The van der Waals surface area contributed by atoms with E-state index in [-0.39, 0.29) is 0 Å².